The van der Waals surface area contributed by atoms with Gasteiger partial charge in [-0.05, 0) is 13.8 Å². The molecule has 0 aliphatic rings. The first-order chi connectivity index (χ1) is 6.83. The van der Waals surface area contributed by atoms with E-state index in [0.29, 0.717) is 6.04 Å². The molecule has 1 atom stereocenters. The molecule has 0 amide bonds. The van der Waals surface area contributed by atoms with Crippen LogP contribution in [0.5, 0.6) is 0 Å². The monoisotopic (exact) mass is 197 g/mol. The van der Waals surface area contributed by atoms with E-state index in [1.54, 1.807) is 6.20 Å². The lowest BCUT2D eigenvalue weighted by Crippen LogP contribution is -2.32. The van der Waals surface area contributed by atoms with E-state index in [4.69, 9.17) is 4.74 Å². The molecular formula is C10H19N3O. The van der Waals surface area contributed by atoms with Gasteiger partial charge in [-0.25, -0.2) is 4.98 Å². The quantitative estimate of drug-likeness (QED) is 0.660. The number of imidazole rings is 1. The van der Waals surface area contributed by atoms with Crippen molar-refractivity contribution in [3.8, 4) is 0 Å². The molecule has 1 aromatic rings. The van der Waals surface area contributed by atoms with Crippen LogP contribution in [0, 0.1) is 0 Å². The fourth-order valence-corrected chi connectivity index (χ4v) is 1.30. The number of hydrogen-bond donors (Lipinski definition) is 1. The summed E-state index contributed by atoms with van der Waals surface area (Å²) in [6.45, 7) is 7.60. The Labute approximate surface area is 85.3 Å². The molecule has 0 aliphatic carbocycles. The summed E-state index contributed by atoms with van der Waals surface area (Å²) in [5.74, 6) is 0. The first-order valence-corrected chi connectivity index (χ1v) is 5.09. The van der Waals surface area contributed by atoms with Crippen LogP contribution in [0.1, 0.15) is 13.8 Å². The Balaban J connectivity index is 2.07. The van der Waals surface area contributed by atoms with Gasteiger partial charge < -0.3 is 14.6 Å². The van der Waals surface area contributed by atoms with Gasteiger partial charge in [0, 0.05) is 38.1 Å². The SMILES string of the molecule is CCOCCNC(C)Cn1ccnc1. The summed E-state index contributed by atoms with van der Waals surface area (Å²) in [7, 11) is 0. The minimum Gasteiger partial charge on any atom is -0.380 e. The van der Waals surface area contributed by atoms with Gasteiger partial charge in [-0.2, -0.15) is 0 Å². The van der Waals surface area contributed by atoms with Crippen LogP contribution < -0.4 is 5.32 Å². The standard InChI is InChI=1S/C10H19N3O/c1-3-14-7-5-12-10(2)8-13-6-4-11-9-13/h4,6,9-10,12H,3,5,7-8H2,1-2H3. The fourth-order valence-electron chi connectivity index (χ4n) is 1.30. The largest absolute Gasteiger partial charge is 0.380 e. The summed E-state index contributed by atoms with van der Waals surface area (Å²) >= 11 is 0. The summed E-state index contributed by atoms with van der Waals surface area (Å²) in [6, 6.07) is 0.449. The molecular weight excluding hydrogens is 178 g/mol. The molecule has 0 radical (unpaired) electrons. The number of nitrogens with one attached hydrogen (secondary N) is 1. The molecule has 0 spiro atoms. The summed E-state index contributed by atoms with van der Waals surface area (Å²) < 4.78 is 7.31. The van der Waals surface area contributed by atoms with E-state index >= 15 is 0 Å². The highest BCUT2D eigenvalue weighted by Crippen LogP contribution is 1.90. The average Bonchev–Trinajstić information content (AvgIpc) is 2.65. The van der Waals surface area contributed by atoms with E-state index in [9.17, 15) is 0 Å². The van der Waals surface area contributed by atoms with Crippen molar-refractivity contribution in [3.05, 3.63) is 18.7 Å². The maximum atomic E-state index is 5.24. The lowest BCUT2D eigenvalue weighted by Gasteiger charge is -2.13. The first-order valence-electron chi connectivity index (χ1n) is 5.09. The van der Waals surface area contributed by atoms with E-state index in [1.165, 1.54) is 0 Å². The molecule has 4 heteroatoms. The van der Waals surface area contributed by atoms with Gasteiger partial charge >= 0.3 is 0 Å². The summed E-state index contributed by atoms with van der Waals surface area (Å²) in [6.07, 6.45) is 5.61. The lowest BCUT2D eigenvalue weighted by molar-refractivity contribution is 0.146. The maximum absolute atomic E-state index is 5.24. The normalized spacial score (nSPS) is 13.0. The van der Waals surface area contributed by atoms with Crippen LogP contribution in [-0.2, 0) is 11.3 Å². The van der Waals surface area contributed by atoms with Gasteiger partial charge in [0.1, 0.15) is 0 Å². The molecule has 0 saturated heterocycles. The molecule has 4 nitrogen and oxygen atoms in total. The zero-order chi connectivity index (χ0) is 10.2. The number of aromatic nitrogens is 2. The third-order valence-corrected chi connectivity index (χ3v) is 1.99. The Morgan fingerprint density at radius 2 is 2.43 bits per heavy atom. The van der Waals surface area contributed by atoms with Crippen molar-refractivity contribution in [2.45, 2.75) is 26.4 Å². The van der Waals surface area contributed by atoms with E-state index in [1.807, 2.05) is 19.4 Å². The van der Waals surface area contributed by atoms with Gasteiger partial charge in [-0.15, -0.1) is 0 Å². The van der Waals surface area contributed by atoms with Crippen LogP contribution in [0.4, 0.5) is 0 Å². The highest BCUT2D eigenvalue weighted by Gasteiger charge is 2.00. The Morgan fingerprint density at radius 3 is 3.07 bits per heavy atom. The zero-order valence-corrected chi connectivity index (χ0v) is 8.94. The minimum atomic E-state index is 0.449. The van der Waals surface area contributed by atoms with Gasteiger partial charge in [0.15, 0.2) is 0 Å². The Hall–Kier alpha value is -0.870. The Kier molecular flexibility index (Phi) is 5.25. The van der Waals surface area contributed by atoms with Crippen molar-refractivity contribution in [2.75, 3.05) is 19.8 Å². The van der Waals surface area contributed by atoms with Crippen LogP contribution in [0.2, 0.25) is 0 Å². The van der Waals surface area contributed by atoms with E-state index in [-0.39, 0.29) is 0 Å². The Morgan fingerprint density at radius 1 is 1.57 bits per heavy atom. The highest BCUT2D eigenvalue weighted by atomic mass is 16.5. The van der Waals surface area contributed by atoms with Crippen LogP contribution in [-0.4, -0.2) is 35.4 Å². The molecule has 1 heterocycles. The van der Waals surface area contributed by atoms with Gasteiger partial charge in [0.25, 0.3) is 0 Å². The second-order valence-electron chi connectivity index (χ2n) is 3.31. The van der Waals surface area contributed by atoms with Crippen molar-refractivity contribution >= 4 is 0 Å². The Bertz CT molecular complexity index is 223. The molecule has 1 aromatic heterocycles. The smallest absolute Gasteiger partial charge is 0.0946 e. The van der Waals surface area contributed by atoms with Gasteiger partial charge in [0.05, 0.1) is 12.9 Å². The molecule has 0 saturated carbocycles. The third kappa shape index (κ3) is 4.39. The second kappa shape index (κ2) is 6.56. The maximum Gasteiger partial charge on any atom is 0.0946 e. The molecule has 1 unspecified atom stereocenters. The van der Waals surface area contributed by atoms with Gasteiger partial charge in [-0.1, -0.05) is 0 Å². The predicted octanol–water partition coefficient (Wildman–Crippen LogP) is 0.898. The number of ether oxygens (including phenoxy) is 1. The molecule has 80 valence electrons. The van der Waals surface area contributed by atoms with Crippen LogP contribution in [0.15, 0.2) is 18.7 Å². The lowest BCUT2D eigenvalue weighted by atomic mass is 10.3. The van der Waals surface area contributed by atoms with Gasteiger partial charge in [-0.3, -0.25) is 0 Å². The van der Waals surface area contributed by atoms with Crippen molar-refractivity contribution in [1.29, 1.82) is 0 Å². The van der Waals surface area contributed by atoms with Crippen LogP contribution in [0.3, 0.4) is 0 Å². The highest BCUT2D eigenvalue weighted by molar-refractivity contribution is 4.76. The molecule has 0 aliphatic heterocycles. The van der Waals surface area contributed by atoms with Crippen LogP contribution in [0.25, 0.3) is 0 Å². The molecule has 0 bridgehead atoms. The second-order valence-corrected chi connectivity index (χ2v) is 3.31. The summed E-state index contributed by atoms with van der Waals surface area (Å²) in [4.78, 5) is 4.00. The fraction of sp³-hybridized carbons (Fsp3) is 0.700. The van der Waals surface area contributed by atoms with E-state index in [2.05, 4.69) is 21.8 Å². The van der Waals surface area contributed by atoms with Crippen molar-refractivity contribution < 1.29 is 4.74 Å². The number of rotatable bonds is 7. The van der Waals surface area contributed by atoms with Crippen molar-refractivity contribution in [2.24, 2.45) is 0 Å². The molecule has 1 rings (SSSR count). The number of nitrogens with zero attached hydrogens (tertiary/aromatic N) is 2. The number of hydrogen-bond acceptors (Lipinski definition) is 3. The summed E-state index contributed by atoms with van der Waals surface area (Å²) in [5, 5.41) is 3.38. The zero-order valence-electron chi connectivity index (χ0n) is 8.94. The third-order valence-electron chi connectivity index (χ3n) is 1.99. The van der Waals surface area contributed by atoms with Crippen molar-refractivity contribution in [3.63, 3.8) is 0 Å². The van der Waals surface area contributed by atoms with E-state index < -0.39 is 0 Å². The molecule has 0 aromatic carbocycles. The molecule has 14 heavy (non-hydrogen) atoms. The first kappa shape index (κ1) is 11.2. The molecule has 0 fully saturated rings. The molecule has 1 N–H and O–H groups in total. The van der Waals surface area contributed by atoms with Gasteiger partial charge in [0.2, 0.25) is 0 Å². The predicted molar refractivity (Wildman–Crippen MR) is 56.2 cm³/mol. The van der Waals surface area contributed by atoms with Crippen molar-refractivity contribution in [1.82, 2.24) is 14.9 Å². The van der Waals surface area contributed by atoms with Crippen LogP contribution >= 0.6 is 0 Å². The average molecular weight is 197 g/mol. The minimum absolute atomic E-state index is 0.449. The summed E-state index contributed by atoms with van der Waals surface area (Å²) in [5.41, 5.74) is 0. The topological polar surface area (TPSA) is 39.1 Å². The van der Waals surface area contributed by atoms with E-state index in [0.717, 1.165) is 26.3 Å².